The second-order valence-electron chi connectivity index (χ2n) is 5.16. The Bertz CT molecular complexity index is 473. The first-order chi connectivity index (χ1) is 9.60. The maximum Gasteiger partial charge on any atom is 0.304 e. The molecule has 0 aliphatic carbocycles. The molecule has 1 aliphatic heterocycles. The molecule has 1 heterocycles. The summed E-state index contributed by atoms with van der Waals surface area (Å²) in [6.45, 7) is 7.92. The minimum absolute atomic E-state index is 0.457. The van der Waals surface area contributed by atoms with Crippen LogP contribution in [0.4, 0.5) is 10.1 Å². The molecule has 20 heavy (non-hydrogen) atoms. The standard InChI is InChI=1S/C14H20FN3O2/c1-2-5-16-6-8-17(9-7-16)11-12-3-4-14(18(19)20)13(15)10-12/h3-4,10H,2,5-9,11H2,1H3. The average Bonchev–Trinajstić information content (AvgIpc) is 2.41. The molecule has 5 nitrogen and oxygen atoms in total. The summed E-state index contributed by atoms with van der Waals surface area (Å²) in [4.78, 5) is 14.6. The van der Waals surface area contributed by atoms with Gasteiger partial charge in [-0.3, -0.25) is 15.0 Å². The van der Waals surface area contributed by atoms with Crippen molar-refractivity contribution < 1.29 is 9.31 Å². The highest BCUT2D eigenvalue weighted by Crippen LogP contribution is 2.19. The Balaban J connectivity index is 1.91. The number of nitro benzene ring substituents is 1. The van der Waals surface area contributed by atoms with Crippen LogP contribution >= 0.6 is 0 Å². The normalized spacial score (nSPS) is 17.3. The topological polar surface area (TPSA) is 49.6 Å². The van der Waals surface area contributed by atoms with Gasteiger partial charge < -0.3 is 4.90 Å². The second kappa shape index (κ2) is 6.76. The van der Waals surface area contributed by atoms with Crippen LogP contribution in [0.25, 0.3) is 0 Å². The quantitative estimate of drug-likeness (QED) is 0.613. The van der Waals surface area contributed by atoms with Crippen LogP contribution in [0, 0.1) is 15.9 Å². The van der Waals surface area contributed by atoms with Crippen molar-refractivity contribution in [3.63, 3.8) is 0 Å². The van der Waals surface area contributed by atoms with Gasteiger partial charge in [-0.15, -0.1) is 0 Å². The van der Waals surface area contributed by atoms with Crippen LogP contribution in [-0.4, -0.2) is 47.4 Å². The highest BCUT2D eigenvalue weighted by molar-refractivity contribution is 5.34. The molecular formula is C14H20FN3O2. The van der Waals surface area contributed by atoms with Crippen LogP contribution < -0.4 is 0 Å². The fourth-order valence-electron chi connectivity index (χ4n) is 2.54. The van der Waals surface area contributed by atoms with Gasteiger partial charge in [-0.2, -0.15) is 4.39 Å². The molecule has 110 valence electrons. The van der Waals surface area contributed by atoms with Crippen molar-refractivity contribution in [2.24, 2.45) is 0 Å². The van der Waals surface area contributed by atoms with Gasteiger partial charge in [0.25, 0.3) is 0 Å². The summed E-state index contributed by atoms with van der Waals surface area (Å²) in [6.07, 6.45) is 1.16. The third-order valence-corrected chi connectivity index (χ3v) is 3.62. The monoisotopic (exact) mass is 281 g/mol. The summed E-state index contributed by atoms with van der Waals surface area (Å²) >= 11 is 0. The Kier molecular flexibility index (Phi) is 5.03. The van der Waals surface area contributed by atoms with Crippen molar-refractivity contribution in [2.45, 2.75) is 19.9 Å². The molecule has 0 spiro atoms. The van der Waals surface area contributed by atoms with Crippen LogP contribution in [0.3, 0.4) is 0 Å². The van der Waals surface area contributed by atoms with E-state index in [0.717, 1.165) is 44.7 Å². The third-order valence-electron chi connectivity index (χ3n) is 3.62. The molecule has 6 heteroatoms. The molecule has 1 fully saturated rings. The van der Waals surface area contributed by atoms with E-state index >= 15 is 0 Å². The number of rotatable bonds is 5. The number of nitrogens with zero attached hydrogens (tertiary/aromatic N) is 3. The van der Waals surface area contributed by atoms with Crippen LogP contribution in [0.2, 0.25) is 0 Å². The summed E-state index contributed by atoms with van der Waals surface area (Å²) in [6, 6.07) is 4.16. The molecule has 1 saturated heterocycles. The van der Waals surface area contributed by atoms with Crippen molar-refractivity contribution >= 4 is 5.69 Å². The number of nitro groups is 1. The first-order valence-electron chi connectivity index (χ1n) is 6.97. The molecule has 0 amide bonds. The largest absolute Gasteiger partial charge is 0.304 e. The van der Waals surface area contributed by atoms with Crippen molar-refractivity contribution in [1.82, 2.24) is 9.80 Å². The van der Waals surface area contributed by atoms with E-state index in [9.17, 15) is 14.5 Å². The number of hydrogen-bond donors (Lipinski definition) is 0. The van der Waals surface area contributed by atoms with E-state index in [1.807, 2.05) is 0 Å². The van der Waals surface area contributed by atoms with E-state index in [4.69, 9.17) is 0 Å². The summed E-state index contributed by atoms with van der Waals surface area (Å²) in [5.41, 5.74) is 0.332. The minimum atomic E-state index is -0.753. The van der Waals surface area contributed by atoms with Gasteiger partial charge in [-0.05, 0) is 24.6 Å². The van der Waals surface area contributed by atoms with Gasteiger partial charge in [-0.25, -0.2) is 0 Å². The predicted molar refractivity (Wildman–Crippen MR) is 75.1 cm³/mol. The molecule has 0 radical (unpaired) electrons. The lowest BCUT2D eigenvalue weighted by Crippen LogP contribution is -2.45. The van der Waals surface area contributed by atoms with Gasteiger partial charge in [0.05, 0.1) is 4.92 Å². The van der Waals surface area contributed by atoms with Gasteiger partial charge in [0, 0.05) is 38.8 Å². The maximum atomic E-state index is 13.5. The Labute approximate surface area is 118 Å². The predicted octanol–water partition coefficient (Wildman–Crippen LogP) is 2.26. The lowest BCUT2D eigenvalue weighted by atomic mass is 10.1. The van der Waals surface area contributed by atoms with Crippen LogP contribution in [-0.2, 0) is 6.54 Å². The fourth-order valence-corrected chi connectivity index (χ4v) is 2.54. The molecule has 0 unspecified atom stereocenters. The van der Waals surface area contributed by atoms with Gasteiger partial charge in [-0.1, -0.05) is 13.0 Å². The highest BCUT2D eigenvalue weighted by atomic mass is 19.1. The Morgan fingerprint density at radius 1 is 1.25 bits per heavy atom. The van der Waals surface area contributed by atoms with Gasteiger partial charge in [0.2, 0.25) is 5.82 Å². The summed E-state index contributed by atoms with van der Waals surface area (Å²) in [5.74, 6) is -0.753. The van der Waals surface area contributed by atoms with E-state index in [1.165, 1.54) is 12.1 Å². The van der Waals surface area contributed by atoms with Crippen molar-refractivity contribution in [3.8, 4) is 0 Å². The number of halogens is 1. The molecule has 0 saturated carbocycles. The molecule has 1 aliphatic rings. The third kappa shape index (κ3) is 3.74. The summed E-state index contributed by atoms with van der Waals surface area (Å²) < 4.78 is 13.5. The van der Waals surface area contributed by atoms with Crippen LogP contribution in [0.5, 0.6) is 0 Å². The van der Waals surface area contributed by atoms with E-state index in [-0.39, 0.29) is 0 Å². The van der Waals surface area contributed by atoms with Gasteiger partial charge >= 0.3 is 5.69 Å². The van der Waals surface area contributed by atoms with Crippen LogP contribution in [0.15, 0.2) is 18.2 Å². The van der Waals surface area contributed by atoms with Crippen molar-refractivity contribution in [3.05, 3.63) is 39.7 Å². The number of benzene rings is 1. The van der Waals surface area contributed by atoms with Gasteiger partial charge in [0.15, 0.2) is 0 Å². The molecule has 0 aromatic heterocycles. The van der Waals surface area contributed by atoms with E-state index < -0.39 is 16.4 Å². The van der Waals surface area contributed by atoms with Crippen LogP contribution in [0.1, 0.15) is 18.9 Å². The zero-order valence-corrected chi connectivity index (χ0v) is 11.7. The second-order valence-corrected chi connectivity index (χ2v) is 5.16. The molecule has 1 aromatic rings. The first-order valence-corrected chi connectivity index (χ1v) is 6.97. The number of piperazine rings is 1. The molecule has 1 aromatic carbocycles. The molecule has 0 atom stereocenters. The summed E-state index contributed by atoms with van der Waals surface area (Å²) in [7, 11) is 0. The molecule has 2 rings (SSSR count). The Morgan fingerprint density at radius 2 is 1.90 bits per heavy atom. The van der Waals surface area contributed by atoms with E-state index in [1.54, 1.807) is 6.07 Å². The zero-order valence-electron chi connectivity index (χ0n) is 11.7. The number of hydrogen-bond acceptors (Lipinski definition) is 4. The Morgan fingerprint density at radius 3 is 2.45 bits per heavy atom. The summed E-state index contributed by atoms with van der Waals surface area (Å²) in [5, 5.41) is 10.6. The first kappa shape index (κ1) is 14.9. The SMILES string of the molecule is CCCN1CCN(Cc2ccc([N+](=O)[O-])c(F)c2)CC1. The van der Waals surface area contributed by atoms with E-state index in [2.05, 4.69) is 16.7 Å². The molecule has 0 bridgehead atoms. The fraction of sp³-hybridized carbons (Fsp3) is 0.571. The Hall–Kier alpha value is -1.53. The lowest BCUT2D eigenvalue weighted by molar-refractivity contribution is -0.387. The lowest BCUT2D eigenvalue weighted by Gasteiger charge is -2.34. The smallest absolute Gasteiger partial charge is 0.301 e. The minimum Gasteiger partial charge on any atom is -0.301 e. The molecular weight excluding hydrogens is 261 g/mol. The molecule has 0 N–H and O–H groups in total. The van der Waals surface area contributed by atoms with E-state index in [0.29, 0.717) is 6.54 Å². The highest BCUT2D eigenvalue weighted by Gasteiger charge is 2.18. The van der Waals surface area contributed by atoms with Crippen molar-refractivity contribution in [1.29, 1.82) is 0 Å². The zero-order chi connectivity index (χ0) is 14.5. The maximum absolute atomic E-state index is 13.5. The average molecular weight is 281 g/mol. The van der Waals surface area contributed by atoms with Crippen molar-refractivity contribution in [2.75, 3.05) is 32.7 Å². The van der Waals surface area contributed by atoms with Gasteiger partial charge in [0.1, 0.15) is 0 Å².